The lowest BCUT2D eigenvalue weighted by molar-refractivity contribution is 0.296. The van der Waals surface area contributed by atoms with Crippen molar-refractivity contribution in [2.24, 2.45) is 0 Å². The van der Waals surface area contributed by atoms with E-state index in [9.17, 15) is 0 Å². The molecule has 1 rings (SSSR count). The number of methoxy groups -OCH3 is 1. The van der Waals surface area contributed by atoms with Crippen LogP contribution in [0.3, 0.4) is 0 Å². The highest BCUT2D eigenvalue weighted by atomic mass is 79.9. The lowest BCUT2D eigenvalue weighted by Crippen LogP contribution is -2.16. The molecule has 1 aromatic rings. The van der Waals surface area contributed by atoms with Crippen molar-refractivity contribution in [3.8, 4) is 5.75 Å². The summed E-state index contributed by atoms with van der Waals surface area (Å²) in [5, 5.41) is 12.0. The van der Waals surface area contributed by atoms with Gasteiger partial charge in [-0.05, 0) is 45.8 Å². The van der Waals surface area contributed by atoms with E-state index in [2.05, 4.69) is 33.4 Å². The van der Waals surface area contributed by atoms with E-state index in [1.165, 1.54) is 5.56 Å². The van der Waals surface area contributed by atoms with Crippen molar-refractivity contribution < 1.29 is 9.84 Å². The van der Waals surface area contributed by atoms with Crippen LogP contribution in [0.25, 0.3) is 0 Å². The summed E-state index contributed by atoms with van der Waals surface area (Å²) >= 11 is 5.35. The third-order valence-corrected chi connectivity index (χ3v) is 4.11. The van der Waals surface area contributed by atoms with Gasteiger partial charge in [0.1, 0.15) is 5.75 Å². The Morgan fingerprint density at radius 2 is 2.22 bits per heavy atom. The van der Waals surface area contributed by atoms with Crippen LogP contribution in [-0.4, -0.2) is 36.9 Å². The second-order valence-corrected chi connectivity index (χ2v) is 5.91. The molecule has 0 saturated heterocycles. The zero-order valence-electron chi connectivity index (χ0n) is 10.6. The highest BCUT2D eigenvalue weighted by molar-refractivity contribution is 9.10. The SMILES string of the molecule is COc1ccc(CNCCSCCCO)cc1Br. The number of thioether (sulfide) groups is 1. The third kappa shape index (κ3) is 6.09. The minimum absolute atomic E-state index is 0.292. The Balaban J connectivity index is 2.17. The summed E-state index contributed by atoms with van der Waals surface area (Å²) in [6.45, 7) is 2.14. The molecule has 18 heavy (non-hydrogen) atoms. The topological polar surface area (TPSA) is 41.5 Å². The Bertz CT molecular complexity index is 350. The monoisotopic (exact) mass is 333 g/mol. The first-order valence-corrected chi connectivity index (χ1v) is 7.94. The molecule has 102 valence electrons. The van der Waals surface area contributed by atoms with Crippen LogP contribution in [0.2, 0.25) is 0 Å². The lowest BCUT2D eigenvalue weighted by Gasteiger charge is -2.07. The van der Waals surface area contributed by atoms with Crippen LogP contribution in [0.1, 0.15) is 12.0 Å². The minimum Gasteiger partial charge on any atom is -0.496 e. The Labute approximate surface area is 121 Å². The van der Waals surface area contributed by atoms with E-state index in [0.717, 1.165) is 41.2 Å². The van der Waals surface area contributed by atoms with Gasteiger partial charge in [0.25, 0.3) is 0 Å². The normalized spacial score (nSPS) is 10.6. The van der Waals surface area contributed by atoms with Gasteiger partial charge < -0.3 is 15.2 Å². The fourth-order valence-corrected chi connectivity index (χ4v) is 2.88. The molecule has 0 aliphatic carbocycles. The maximum absolute atomic E-state index is 8.64. The average molecular weight is 334 g/mol. The van der Waals surface area contributed by atoms with Crippen LogP contribution >= 0.6 is 27.7 Å². The van der Waals surface area contributed by atoms with Gasteiger partial charge in [-0.2, -0.15) is 11.8 Å². The molecular weight excluding hydrogens is 314 g/mol. The van der Waals surface area contributed by atoms with E-state index in [0.29, 0.717) is 6.61 Å². The number of benzene rings is 1. The molecule has 0 amide bonds. The predicted octanol–water partition coefficient (Wildman–Crippen LogP) is 2.66. The number of aliphatic hydroxyl groups is 1. The summed E-state index contributed by atoms with van der Waals surface area (Å²) in [4.78, 5) is 0. The molecule has 0 radical (unpaired) electrons. The summed E-state index contributed by atoms with van der Waals surface area (Å²) in [6.07, 6.45) is 0.885. The molecule has 0 unspecified atom stereocenters. The number of ether oxygens (including phenoxy) is 1. The van der Waals surface area contributed by atoms with Crippen LogP contribution in [0.15, 0.2) is 22.7 Å². The van der Waals surface area contributed by atoms with E-state index in [1.54, 1.807) is 7.11 Å². The maximum Gasteiger partial charge on any atom is 0.133 e. The van der Waals surface area contributed by atoms with Crippen LogP contribution in [0.5, 0.6) is 5.75 Å². The van der Waals surface area contributed by atoms with Crippen molar-refractivity contribution >= 4 is 27.7 Å². The molecule has 0 aliphatic rings. The van der Waals surface area contributed by atoms with Gasteiger partial charge in [0.15, 0.2) is 0 Å². The van der Waals surface area contributed by atoms with Gasteiger partial charge in [0, 0.05) is 25.4 Å². The molecule has 3 nitrogen and oxygen atoms in total. The van der Waals surface area contributed by atoms with E-state index < -0.39 is 0 Å². The molecule has 2 N–H and O–H groups in total. The number of nitrogens with one attached hydrogen (secondary N) is 1. The van der Waals surface area contributed by atoms with Crippen molar-refractivity contribution in [3.05, 3.63) is 28.2 Å². The second-order valence-electron chi connectivity index (χ2n) is 3.84. The van der Waals surface area contributed by atoms with Crippen LogP contribution < -0.4 is 10.1 Å². The highest BCUT2D eigenvalue weighted by Gasteiger charge is 2.00. The molecule has 0 spiro atoms. The zero-order chi connectivity index (χ0) is 13.2. The molecule has 0 saturated carbocycles. The molecule has 0 aromatic heterocycles. The summed E-state index contributed by atoms with van der Waals surface area (Å²) in [6, 6.07) is 6.11. The summed E-state index contributed by atoms with van der Waals surface area (Å²) < 4.78 is 6.18. The largest absolute Gasteiger partial charge is 0.496 e. The Hall–Kier alpha value is -0.230. The first-order chi connectivity index (χ1) is 8.77. The fraction of sp³-hybridized carbons (Fsp3) is 0.538. The van der Waals surface area contributed by atoms with E-state index >= 15 is 0 Å². The number of hydrogen-bond donors (Lipinski definition) is 2. The van der Waals surface area contributed by atoms with E-state index in [-0.39, 0.29) is 0 Å². The summed E-state index contributed by atoms with van der Waals surface area (Å²) in [7, 11) is 1.67. The predicted molar refractivity (Wildman–Crippen MR) is 81.4 cm³/mol. The molecule has 0 heterocycles. The highest BCUT2D eigenvalue weighted by Crippen LogP contribution is 2.25. The molecule has 0 aliphatic heterocycles. The first-order valence-electron chi connectivity index (χ1n) is 5.99. The first kappa shape index (κ1) is 15.8. The Kier molecular flexibility index (Phi) is 8.50. The average Bonchev–Trinajstić information content (AvgIpc) is 2.38. The number of aliphatic hydroxyl groups excluding tert-OH is 1. The Morgan fingerprint density at radius 1 is 1.39 bits per heavy atom. The summed E-state index contributed by atoms with van der Waals surface area (Å²) in [5.74, 6) is 2.97. The van der Waals surface area contributed by atoms with Crippen LogP contribution in [-0.2, 0) is 6.54 Å². The van der Waals surface area contributed by atoms with Gasteiger partial charge in [-0.1, -0.05) is 6.07 Å². The van der Waals surface area contributed by atoms with Gasteiger partial charge in [0.2, 0.25) is 0 Å². The molecule has 1 aromatic carbocycles. The molecule has 0 atom stereocenters. The zero-order valence-corrected chi connectivity index (χ0v) is 13.0. The van der Waals surface area contributed by atoms with Crippen molar-refractivity contribution in [3.63, 3.8) is 0 Å². The lowest BCUT2D eigenvalue weighted by atomic mass is 10.2. The number of hydrogen-bond acceptors (Lipinski definition) is 4. The third-order valence-electron chi connectivity index (χ3n) is 2.42. The van der Waals surface area contributed by atoms with Crippen LogP contribution in [0.4, 0.5) is 0 Å². The summed E-state index contributed by atoms with van der Waals surface area (Å²) in [5.41, 5.74) is 1.24. The molecule has 0 fully saturated rings. The quantitative estimate of drug-likeness (QED) is 0.682. The number of halogens is 1. The smallest absolute Gasteiger partial charge is 0.133 e. The van der Waals surface area contributed by atoms with Gasteiger partial charge in [-0.3, -0.25) is 0 Å². The van der Waals surface area contributed by atoms with Crippen molar-refractivity contribution in [2.45, 2.75) is 13.0 Å². The Morgan fingerprint density at radius 3 is 2.89 bits per heavy atom. The molecule has 5 heteroatoms. The number of rotatable bonds is 9. The van der Waals surface area contributed by atoms with Gasteiger partial charge >= 0.3 is 0 Å². The maximum atomic E-state index is 8.64. The van der Waals surface area contributed by atoms with Crippen molar-refractivity contribution in [2.75, 3.05) is 31.8 Å². The fourth-order valence-electron chi connectivity index (χ4n) is 1.47. The second kappa shape index (κ2) is 9.67. The van der Waals surface area contributed by atoms with Gasteiger partial charge in [-0.15, -0.1) is 0 Å². The standard InChI is InChI=1S/C13H20BrNO2S/c1-17-13-4-3-11(9-12(13)14)10-15-5-8-18-7-2-6-16/h3-4,9,15-16H,2,5-8,10H2,1H3. The van der Waals surface area contributed by atoms with Crippen LogP contribution in [0, 0.1) is 0 Å². The van der Waals surface area contributed by atoms with E-state index in [4.69, 9.17) is 9.84 Å². The van der Waals surface area contributed by atoms with Crippen molar-refractivity contribution in [1.82, 2.24) is 5.32 Å². The molecule has 0 bridgehead atoms. The molecular formula is C13H20BrNO2S. The minimum atomic E-state index is 0.292. The van der Waals surface area contributed by atoms with E-state index in [1.807, 2.05) is 17.8 Å². The van der Waals surface area contributed by atoms with Gasteiger partial charge in [0.05, 0.1) is 11.6 Å². The van der Waals surface area contributed by atoms with Crippen molar-refractivity contribution in [1.29, 1.82) is 0 Å². The van der Waals surface area contributed by atoms with Gasteiger partial charge in [-0.25, -0.2) is 0 Å².